The first-order valence-corrected chi connectivity index (χ1v) is 14.6. The van der Waals surface area contributed by atoms with Crippen LogP contribution in [-0.2, 0) is 4.79 Å². The van der Waals surface area contributed by atoms with Crippen molar-refractivity contribution in [3.63, 3.8) is 0 Å². The first-order chi connectivity index (χ1) is 20.9. The van der Waals surface area contributed by atoms with Crippen LogP contribution in [0.2, 0.25) is 0 Å². The van der Waals surface area contributed by atoms with E-state index >= 15 is 0 Å². The van der Waals surface area contributed by atoms with Gasteiger partial charge in [-0.15, -0.1) is 0 Å². The van der Waals surface area contributed by atoms with Crippen molar-refractivity contribution < 1.29 is 9.53 Å². The minimum absolute atomic E-state index is 0.119. The van der Waals surface area contributed by atoms with Gasteiger partial charge in [0.25, 0.3) is 5.56 Å². The molecule has 2 aromatic heterocycles. The van der Waals surface area contributed by atoms with Crippen molar-refractivity contribution in [3.8, 4) is 17.8 Å². The number of likely N-dealkylation sites (N-methyl/N-ethyl adjacent to an activating group) is 1. The molecule has 11 nitrogen and oxygen atoms in total. The van der Waals surface area contributed by atoms with Crippen LogP contribution in [0.25, 0.3) is 27.4 Å². The van der Waals surface area contributed by atoms with Gasteiger partial charge in [0.15, 0.2) is 0 Å². The van der Waals surface area contributed by atoms with E-state index in [0.717, 1.165) is 35.7 Å². The summed E-state index contributed by atoms with van der Waals surface area (Å²) in [6, 6.07) is 14.0. The second kappa shape index (κ2) is 11.8. The van der Waals surface area contributed by atoms with E-state index in [-0.39, 0.29) is 41.5 Å². The maximum absolute atomic E-state index is 14.2. The number of nitriles is 1. The fraction of sp³-hybridized carbons (Fsp3) is 0.375. The van der Waals surface area contributed by atoms with Crippen LogP contribution in [0.3, 0.4) is 0 Å². The molecule has 6 rings (SSSR count). The quantitative estimate of drug-likeness (QED) is 0.304. The Balaban J connectivity index is 1.46. The van der Waals surface area contributed by atoms with E-state index in [9.17, 15) is 14.9 Å². The van der Waals surface area contributed by atoms with E-state index in [4.69, 9.17) is 9.72 Å². The number of aromatic nitrogens is 4. The molecule has 0 saturated carbocycles. The van der Waals surface area contributed by atoms with E-state index in [1.165, 1.54) is 10.8 Å². The highest BCUT2D eigenvalue weighted by Crippen LogP contribution is 2.29. The molecule has 1 unspecified atom stereocenters. The summed E-state index contributed by atoms with van der Waals surface area (Å²) in [7, 11) is 2.07. The maximum Gasteiger partial charge on any atom is 0.319 e. The Morgan fingerprint density at radius 2 is 1.98 bits per heavy atom. The monoisotopic (exact) mass is 578 g/mol. The summed E-state index contributed by atoms with van der Waals surface area (Å²) in [4.78, 5) is 42.0. The number of fused-ring (bicyclic) bond motifs is 2. The molecule has 11 heteroatoms. The molecule has 2 fully saturated rings. The molecule has 0 aliphatic carbocycles. The van der Waals surface area contributed by atoms with E-state index in [1.54, 1.807) is 11.1 Å². The van der Waals surface area contributed by atoms with Crippen LogP contribution in [0.5, 0.6) is 6.01 Å². The first kappa shape index (κ1) is 28.3. The molecule has 4 heterocycles. The number of benzene rings is 2. The van der Waals surface area contributed by atoms with E-state index in [0.29, 0.717) is 43.1 Å². The summed E-state index contributed by atoms with van der Waals surface area (Å²) in [5, 5.41) is 16.5. The summed E-state index contributed by atoms with van der Waals surface area (Å²) >= 11 is 0. The molecule has 0 radical (unpaired) electrons. The van der Waals surface area contributed by atoms with Crippen LogP contribution in [0.4, 0.5) is 5.82 Å². The number of nitrogens with zero attached hydrogens (tertiary/aromatic N) is 8. The molecular weight excluding hydrogens is 544 g/mol. The van der Waals surface area contributed by atoms with Gasteiger partial charge in [0, 0.05) is 31.1 Å². The summed E-state index contributed by atoms with van der Waals surface area (Å²) in [6.07, 6.45) is 5.17. The number of carbonyl (C=O) groups is 1. The highest BCUT2D eigenvalue weighted by Gasteiger charge is 2.32. The number of likely N-dealkylation sites (tertiary alicyclic amines) is 1. The molecule has 43 heavy (non-hydrogen) atoms. The van der Waals surface area contributed by atoms with Crippen molar-refractivity contribution in [2.45, 2.75) is 38.3 Å². The molecular formula is C32H34N8O3. The zero-order valence-corrected chi connectivity index (χ0v) is 24.4. The summed E-state index contributed by atoms with van der Waals surface area (Å²) in [5.41, 5.74) is 1.52. The van der Waals surface area contributed by atoms with Crippen molar-refractivity contribution in [2.24, 2.45) is 0 Å². The standard InChI is InChI=1S/C32H34N8O3/c1-4-27(41)39-17-16-38(19-23(39)13-14-33)30-25-18-34-40(26-12-6-10-22-9-5-8-21(2)28(22)26)31(42)29(25)35-32(36-30)43-20-24-11-7-15-37(24)3/h4-6,8-10,12,18,23-24H,1,7,11,13,15-17,19-20H2,2-3H3/t23?,24-/m0/s1. The summed E-state index contributed by atoms with van der Waals surface area (Å²) < 4.78 is 7.54. The molecule has 2 aromatic carbocycles. The Kier molecular flexibility index (Phi) is 7.78. The van der Waals surface area contributed by atoms with Gasteiger partial charge in [0.05, 0.1) is 35.8 Å². The predicted octanol–water partition coefficient (Wildman–Crippen LogP) is 3.23. The molecule has 2 aliphatic heterocycles. The van der Waals surface area contributed by atoms with Crippen molar-refractivity contribution in [2.75, 3.05) is 44.7 Å². The second-order valence-electron chi connectivity index (χ2n) is 11.2. The Morgan fingerprint density at radius 3 is 2.72 bits per heavy atom. The average molecular weight is 579 g/mol. The lowest BCUT2D eigenvalue weighted by Gasteiger charge is -2.41. The third-order valence-electron chi connectivity index (χ3n) is 8.56. The predicted molar refractivity (Wildman–Crippen MR) is 164 cm³/mol. The Morgan fingerprint density at radius 1 is 1.16 bits per heavy atom. The van der Waals surface area contributed by atoms with Gasteiger partial charge in [-0.25, -0.2) is 0 Å². The molecule has 1 amide bonds. The molecule has 0 bridgehead atoms. The van der Waals surface area contributed by atoms with Crippen molar-refractivity contribution >= 4 is 33.4 Å². The number of piperazine rings is 1. The van der Waals surface area contributed by atoms with Crippen LogP contribution < -0.4 is 15.2 Å². The zero-order valence-electron chi connectivity index (χ0n) is 24.4. The highest BCUT2D eigenvalue weighted by atomic mass is 16.5. The van der Waals surface area contributed by atoms with Crippen molar-refractivity contribution in [1.29, 1.82) is 5.26 Å². The summed E-state index contributed by atoms with van der Waals surface area (Å²) in [6.45, 7) is 8.22. The van der Waals surface area contributed by atoms with Gasteiger partial charge in [0.1, 0.15) is 17.9 Å². The number of ether oxygens (including phenoxy) is 1. The minimum atomic E-state index is -0.381. The molecule has 220 valence electrons. The van der Waals surface area contributed by atoms with Crippen LogP contribution in [-0.4, -0.2) is 87.4 Å². The van der Waals surface area contributed by atoms with Gasteiger partial charge in [-0.1, -0.05) is 36.9 Å². The summed E-state index contributed by atoms with van der Waals surface area (Å²) in [5.74, 6) is 0.284. The number of rotatable bonds is 7. The largest absolute Gasteiger partial charge is 0.462 e. The molecule has 2 atom stereocenters. The fourth-order valence-electron chi connectivity index (χ4n) is 6.24. The smallest absolute Gasteiger partial charge is 0.319 e. The van der Waals surface area contributed by atoms with Gasteiger partial charge in [-0.05, 0) is 56.4 Å². The minimum Gasteiger partial charge on any atom is -0.462 e. The van der Waals surface area contributed by atoms with Gasteiger partial charge >= 0.3 is 6.01 Å². The number of aryl methyl sites for hydroxylation is 1. The third kappa shape index (κ3) is 5.30. The van der Waals surface area contributed by atoms with E-state index < -0.39 is 0 Å². The van der Waals surface area contributed by atoms with Crippen LogP contribution >= 0.6 is 0 Å². The fourth-order valence-corrected chi connectivity index (χ4v) is 6.24. The van der Waals surface area contributed by atoms with Crippen molar-refractivity contribution in [3.05, 3.63) is 71.2 Å². The average Bonchev–Trinajstić information content (AvgIpc) is 3.44. The van der Waals surface area contributed by atoms with E-state index in [1.807, 2.05) is 48.2 Å². The number of carbonyl (C=O) groups excluding carboxylic acids is 1. The van der Waals surface area contributed by atoms with Crippen LogP contribution in [0.15, 0.2) is 60.0 Å². The van der Waals surface area contributed by atoms with E-state index in [2.05, 4.69) is 34.7 Å². The number of amides is 1. The van der Waals surface area contributed by atoms with Crippen LogP contribution in [0, 0.1) is 18.3 Å². The molecule has 0 spiro atoms. The van der Waals surface area contributed by atoms with Gasteiger partial charge in [-0.3, -0.25) is 9.59 Å². The van der Waals surface area contributed by atoms with Crippen LogP contribution in [0.1, 0.15) is 24.8 Å². The Hall–Kier alpha value is -4.82. The highest BCUT2D eigenvalue weighted by molar-refractivity contribution is 5.94. The molecule has 2 aliphatic rings. The SMILES string of the molecule is C=CC(=O)N1CCN(c2nc(OC[C@@H]3CCCN3C)nc3c(=O)n(-c4cccc5cccc(C)c45)ncc23)CC1CC#N. The second-order valence-corrected chi connectivity index (χ2v) is 11.2. The number of hydrogen-bond acceptors (Lipinski definition) is 9. The van der Waals surface area contributed by atoms with Gasteiger partial charge in [-0.2, -0.15) is 25.0 Å². The number of hydrogen-bond donors (Lipinski definition) is 0. The Bertz CT molecular complexity index is 1810. The zero-order chi connectivity index (χ0) is 30.1. The van der Waals surface area contributed by atoms with Gasteiger partial charge in [0.2, 0.25) is 5.91 Å². The first-order valence-electron chi connectivity index (χ1n) is 14.6. The maximum atomic E-state index is 14.2. The molecule has 4 aromatic rings. The van der Waals surface area contributed by atoms with Crippen molar-refractivity contribution in [1.82, 2.24) is 29.5 Å². The molecule has 2 saturated heterocycles. The lowest BCUT2D eigenvalue weighted by atomic mass is 10.0. The van der Waals surface area contributed by atoms with Gasteiger partial charge < -0.3 is 19.4 Å². The number of anilines is 1. The lowest BCUT2D eigenvalue weighted by molar-refractivity contribution is -0.128. The topological polar surface area (TPSA) is 120 Å². The normalized spacial score (nSPS) is 19.1. The lowest BCUT2D eigenvalue weighted by Crippen LogP contribution is -2.55. The third-order valence-corrected chi connectivity index (χ3v) is 8.56. The molecule has 0 N–H and O–H groups in total. The Labute approximate surface area is 249 Å².